The highest BCUT2D eigenvalue weighted by molar-refractivity contribution is 7.07. The van der Waals surface area contributed by atoms with Crippen LogP contribution in [0.1, 0.15) is 11.3 Å². The summed E-state index contributed by atoms with van der Waals surface area (Å²) in [6.07, 6.45) is 1.27. The van der Waals surface area contributed by atoms with Crippen molar-refractivity contribution in [2.45, 2.75) is 6.92 Å². The Hall–Kier alpha value is -5.30. The van der Waals surface area contributed by atoms with Crippen molar-refractivity contribution >= 4 is 28.9 Å². The van der Waals surface area contributed by atoms with Crippen molar-refractivity contribution in [1.82, 2.24) is 14.0 Å². The smallest absolute Gasteiger partial charge is 0.297 e. The lowest BCUT2D eigenvalue weighted by Gasteiger charge is -2.07. The van der Waals surface area contributed by atoms with Gasteiger partial charge in [0.2, 0.25) is 11.6 Å². The van der Waals surface area contributed by atoms with E-state index in [1.807, 2.05) is 30.3 Å². The summed E-state index contributed by atoms with van der Waals surface area (Å²) in [5.74, 6) is 0.110. The topological polar surface area (TPSA) is 118 Å². The average Bonchev–Trinajstić information content (AvgIpc) is 3.65. The van der Waals surface area contributed by atoms with E-state index in [0.717, 1.165) is 11.3 Å². The Morgan fingerprint density at radius 1 is 1.07 bits per heavy atom. The minimum atomic E-state index is -0.552. The highest BCUT2D eigenvalue weighted by Crippen LogP contribution is 2.37. The molecule has 5 aromatic rings. The second-order valence-corrected chi connectivity index (χ2v) is 9.82. The molecule has 0 radical (unpaired) electrons. The maximum atomic E-state index is 14.9. The first-order valence-electron chi connectivity index (χ1n) is 12.3. The molecule has 11 nitrogen and oxygen atoms in total. The number of nitrogens with zero attached hydrogens (tertiary/aromatic N) is 6. The fourth-order valence-corrected chi connectivity index (χ4v) is 5.28. The molecule has 0 unspecified atom stereocenters. The molecule has 0 spiro atoms. The molecule has 1 aliphatic heterocycles. The third kappa shape index (κ3) is 4.61. The van der Waals surface area contributed by atoms with Crippen molar-refractivity contribution in [3.05, 3.63) is 114 Å². The van der Waals surface area contributed by atoms with Crippen LogP contribution in [0.5, 0.6) is 11.5 Å². The van der Waals surface area contributed by atoms with Gasteiger partial charge in [0.05, 0.1) is 39.8 Å². The molecular formula is C28H21FN6O5S. The average molecular weight is 573 g/mol. The third-order valence-corrected chi connectivity index (χ3v) is 7.41. The number of hydrogen-bond acceptors (Lipinski definition) is 8. The standard InChI is InChI=1S/C28H21FN6O5S/c1-17-26(27(36)34(32(17)2)19-8-4-3-5-9-19)31-28-33(23(15-41-28)20-10-6-7-11-21(20)29)30-14-18-12-24-25(40-16-39-24)13-22(18)35(37)38/h3-15H,16H2,1-2H3. The lowest BCUT2D eigenvalue weighted by molar-refractivity contribution is -0.385. The van der Waals surface area contributed by atoms with Crippen LogP contribution < -0.4 is 19.8 Å². The van der Waals surface area contributed by atoms with Crippen LogP contribution in [0.15, 0.2) is 87.0 Å². The zero-order chi connectivity index (χ0) is 28.7. The Morgan fingerprint density at radius 2 is 1.78 bits per heavy atom. The molecule has 0 saturated heterocycles. The third-order valence-electron chi connectivity index (χ3n) is 6.60. The van der Waals surface area contributed by atoms with Gasteiger partial charge >= 0.3 is 0 Å². The van der Waals surface area contributed by atoms with Crippen molar-refractivity contribution in [3.8, 4) is 28.4 Å². The number of fused-ring (bicyclic) bond motifs is 1. The van der Waals surface area contributed by atoms with E-state index in [9.17, 15) is 19.3 Å². The van der Waals surface area contributed by atoms with E-state index in [1.54, 1.807) is 42.2 Å². The molecule has 0 N–H and O–H groups in total. The van der Waals surface area contributed by atoms with Crippen molar-refractivity contribution in [1.29, 1.82) is 0 Å². The Labute approximate surface area is 235 Å². The molecule has 0 bridgehead atoms. The SMILES string of the molecule is Cc1c(N=c2scc(-c3ccccc3F)n2N=Cc2cc3c(cc2[N+](=O)[O-])OCO3)c(=O)n(-c2ccccc2)n1C. The molecule has 6 rings (SSSR count). The number of ether oxygens (including phenoxy) is 2. The second-order valence-electron chi connectivity index (χ2n) is 8.98. The second kappa shape index (κ2) is 10.4. The lowest BCUT2D eigenvalue weighted by atomic mass is 10.1. The normalized spacial score (nSPS) is 12.9. The van der Waals surface area contributed by atoms with E-state index in [-0.39, 0.29) is 45.4 Å². The number of nitro groups is 1. The summed E-state index contributed by atoms with van der Waals surface area (Å²) >= 11 is 1.15. The minimum Gasteiger partial charge on any atom is -0.454 e. The molecule has 0 atom stereocenters. The molecule has 13 heteroatoms. The fourth-order valence-electron chi connectivity index (χ4n) is 4.45. The summed E-state index contributed by atoms with van der Waals surface area (Å²) in [5, 5.41) is 17.9. The Balaban J connectivity index is 1.55. The maximum absolute atomic E-state index is 14.9. The summed E-state index contributed by atoms with van der Waals surface area (Å²) in [5.41, 5.74) is 1.59. The van der Waals surface area contributed by atoms with Crippen LogP contribution in [-0.2, 0) is 7.05 Å². The lowest BCUT2D eigenvalue weighted by Crippen LogP contribution is -2.20. The quantitative estimate of drug-likeness (QED) is 0.163. The molecule has 41 heavy (non-hydrogen) atoms. The van der Waals surface area contributed by atoms with Crippen LogP contribution in [0, 0.1) is 22.9 Å². The number of aromatic nitrogens is 3. The van der Waals surface area contributed by atoms with Gasteiger partial charge < -0.3 is 9.47 Å². The molecule has 1 aliphatic rings. The number of halogens is 1. The zero-order valence-electron chi connectivity index (χ0n) is 21.7. The van der Waals surface area contributed by atoms with Crippen LogP contribution >= 0.6 is 11.3 Å². The molecule has 3 aromatic carbocycles. The van der Waals surface area contributed by atoms with Gasteiger partial charge in [0.15, 0.2) is 17.2 Å². The van der Waals surface area contributed by atoms with Crippen LogP contribution in [0.2, 0.25) is 0 Å². The number of para-hydroxylation sites is 1. The first-order valence-corrected chi connectivity index (χ1v) is 13.2. The van der Waals surface area contributed by atoms with Gasteiger partial charge in [-0.05, 0) is 37.3 Å². The molecule has 2 aromatic heterocycles. The largest absolute Gasteiger partial charge is 0.454 e. The van der Waals surface area contributed by atoms with Crippen molar-refractivity contribution in [2.75, 3.05) is 6.79 Å². The van der Waals surface area contributed by atoms with Gasteiger partial charge in [-0.25, -0.2) is 18.7 Å². The van der Waals surface area contributed by atoms with Gasteiger partial charge in [-0.15, -0.1) is 11.3 Å². The van der Waals surface area contributed by atoms with Gasteiger partial charge in [0.1, 0.15) is 5.82 Å². The zero-order valence-corrected chi connectivity index (χ0v) is 22.5. The molecule has 0 saturated carbocycles. The van der Waals surface area contributed by atoms with E-state index in [0.29, 0.717) is 22.8 Å². The Kier molecular flexibility index (Phi) is 6.55. The maximum Gasteiger partial charge on any atom is 0.297 e. The number of nitro benzene ring substituents is 1. The fraction of sp³-hybridized carbons (Fsp3) is 0.107. The Morgan fingerprint density at radius 3 is 2.51 bits per heavy atom. The number of thiazole rings is 1. The van der Waals surface area contributed by atoms with Gasteiger partial charge in [-0.3, -0.25) is 19.6 Å². The molecule has 0 fully saturated rings. The van der Waals surface area contributed by atoms with Crippen molar-refractivity contribution in [2.24, 2.45) is 17.1 Å². The van der Waals surface area contributed by atoms with E-state index in [4.69, 9.17) is 9.47 Å². The van der Waals surface area contributed by atoms with E-state index >= 15 is 0 Å². The summed E-state index contributed by atoms with van der Waals surface area (Å²) in [6.45, 7) is 1.72. The van der Waals surface area contributed by atoms with Gasteiger partial charge in [0, 0.05) is 18.0 Å². The highest BCUT2D eigenvalue weighted by atomic mass is 32.1. The first-order chi connectivity index (χ1) is 19.8. The Bertz CT molecular complexity index is 1970. The predicted octanol–water partition coefficient (Wildman–Crippen LogP) is 4.91. The number of benzene rings is 3. The van der Waals surface area contributed by atoms with Crippen LogP contribution in [0.25, 0.3) is 16.9 Å². The minimum absolute atomic E-state index is 0.0518. The van der Waals surface area contributed by atoms with E-state index < -0.39 is 10.7 Å². The molecular weight excluding hydrogens is 551 g/mol. The summed E-state index contributed by atoms with van der Waals surface area (Å²) in [6, 6.07) is 18.0. The molecule has 0 amide bonds. The van der Waals surface area contributed by atoms with E-state index in [2.05, 4.69) is 10.1 Å². The van der Waals surface area contributed by atoms with Crippen LogP contribution in [0.4, 0.5) is 15.8 Å². The van der Waals surface area contributed by atoms with E-state index in [1.165, 1.54) is 33.8 Å². The summed E-state index contributed by atoms with van der Waals surface area (Å²) in [4.78, 5) is 29.7. The van der Waals surface area contributed by atoms with Gasteiger partial charge in [-0.1, -0.05) is 30.3 Å². The summed E-state index contributed by atoms with van der Waals surface area (Å²) < 4.78 is 30.1. The first kappa shape index (κ1) is 26.0. The molecule has 0 aliphatic carbocycles. The van der Waals surface area contributed by atoms with Crippen molar-refractivity contribution in [3.63, 3.8) is 0 Å². The molecule has 3 heterocycles. The number of hydrogen-bond donors (Lipinski definition) is 0. The van der Waals surface area contributed by atoms with Crippen molar-refractivity contribution < 1.29 is 18.8 Å². The van der Waals surface area contributed by atoms with Crippen LogP contribution in [0.3, 0.4) is 0 Å². The van der Waals surface area contributed by atoms with Gasteiger partial charge in [-0.2, -0.15) is 5.10 Å². The van der Waals surface area contributed by atoms with Crippen LogP contribution in [-0.4, -0.2) is 32.0 Å². The highest BCUT2D eigenvalue weighted by Gasteiger charge is 2.23. The molecule has 206 valence electrons. The van der Waals surface area contributed by atoms with Gasteiger partial charge in [0.25, 0.3) is 11.2 Å². The predicted molar refractivity (Wildman–Crippen MR) is 151 cm³/mol. The monoisotopic (exact) mass is 572 g/mol. The number of rotatable bonds is 6. The summed E-state index contributed by atoms with van der Waals surface area (Å²) in [7, 11) is 1.76.